The SMILES string of the molecule is Cc1ccc(-c2cc(C(F)(F)F)nc(SCc3cccc4ccccc34)n2)cc1. The summed E-state index contributed by atoms with van der Waals surface area (Å²) in [5.74, 6) is 0.482. The Morgan fingerprint density at radius 1 is 0.862 bits per heavy atom. The Kier molecular flexibility index (Phi) is 5.28. The van der Waals surface area contributed by atoms with Gasteiger partial charge in [0.15, 0.2) is 5.16 Å². The Hall–Kier alpha value is -2.86. The molecule has 0 spiro atoms. The van der Waals surface area contributed by atoms with E-state index in [1.165, 1.54) is 11.8 Å². The lowest BCUT2D eigenvalue weighted by Gasteiger charge is -2.11. The molecule has 3 aromatic carbocycles. The number of alkyl halides is 3. The van der Waals surface area contributed by atoms with E-state index in [9.17, 15) is 13.2 Å². The lowest BCUT2D eigenvalue weighted by atomic mass is 10.1. The molecule has 0 unspecified atom stereocenters. The number of fused-ring (bicyclic) bond motifs is 1. The molecular weight excluding hydrogens is 393 g/mol. The molecule has 0 atom stereocenters. The first-order valence-corrected chi connectivity index (χ1v) is 10.0. The number of halogens is 3. The molecule has 0 amide bonds. The largest absolute Gasteiger partial charge is 0.433 e. The van der Waals surface area contributed by atoms with E-state index in [4.69, 9.17) is 0 Å². The van der Waals surface area contributed by atoms with E-state index < -0.39 is 11.9 Å². The summed E-state index contributed by atoms with van der Waals surface area (Å²) in [5.41, 5.74) is 2.04. The van der Waals surface area contributed by atoms with Crippen molar-refractivity contribution in [3.63, 3.8) is 0 Å². The summed E-state index contributed by atoms with van der Waals surface area (Å²) in [5, 5.41) is 2.28. The second-order valence-corrected chi connectivity index (χ2v) is 7.65. The maximum atomic E-state index is 13.4. The highest BCUT2D eigenvalue weighted by atomic mass is 32.2. The van der Waals surface area contributed by atoms with Gasteiger partial charge in [0.2, 0.25) is 0 Å². The molecule has 0 fully saturated rings. The monoisotopic (exact) mass is 410 g/mol. The third-order valence-electron chi connectivity index (χ3n) is 4.58. The van der Waals surface area contributed by atoms with E-state index in [1.807, 2.05) is 61.5 Å². The second kappa shape index (κ2) is 7.87. The topological polar surface area (TPSA) is 25.8 Å². The Balaban J connectivity index is 1.69. The normalized spacial score (nSPS) is 11.7. The van der Waals surface area contributed by atoms with Gasteiger partial charge in [0, 0.05) is 11.3 Å². The fraction of sp³-hybridized carbons (Fsp3) is 0.130. The molecule has 0 bridgehead atoms. The van der Waals surface area contributed by atoms with Gasteiger partial charge in [0.25, 0.3) is 0 Å². The van der Waals surface area contributed by atoms with Gasteiger partial charge in [-0.1, -0.05) is 84.1 Å². The van der Waals surface area contributed by atoms with Crippen LogP contribution in [0.25, 0.3) is 22.0 Å². The zero-order chi connectivity index (χ0) is 20.4. The maximum absolute atomic E-state index is 13.4. The van der Waals surface area contributed by atoms with E-state index in [-0.39, 0.29) is 10.9 Å². The van der Waals surface area contributed by atoms with Gasteiger partial charge in [0.05, 0.1) is 5.69 Å². The van der Waals surface area contributed by atoms with Crippen LogP contribution in [0.5, 0.6) is 0 Å². The predicted octanol–water partition coefficient (Wildman–Crippen LogP) is 6.92. The molecule has 0 N–H and O–H groups in total. The second-order valence-electron chi connectivity index (χ2n) is 6.71. The molecule has 6 heteroatoms. The first-order chi connectivity index (χ1) is 13.9. The fourth-order valence-electron chi connectivity index (χ4n) is 3.07. The molecule has 0 aliphatic rings. The molecule has 1 aromatic heterocycles. The summed E-state index contributed by atoms with van der Waals surface area (Å²) < 4.78 is 40.2. The third-order valence-corrected chi connectivity index (χ3v) is 5.48. The van der Waals surface area contributed by atoms with E-state index in [2.05, 4.69) is 9.97 Å². The smallest absolute Gasteiger partial charge is 0.222 e. The Labute approximate surface area is 170 Å². The van der Waals surface area contributed by atoms with Crippen LogP contribution in [-0.2, 0) is 11.9 Å². The standard InChI is InChI=1S/C23H17F3N2S/c1-15-9-11-17(12-10-15)20-13-21(23(24,25)26)28-22(27-20)29-14-18-7-4-6-16-5-2-3-8-19(16)18/h2-13H,14H2,1H3. The predicted molar refractivity (Wildman–Crippen MR) is 111 cm³/mol. The Bertz CT molecular complexity index is 1150. The average molecular weight is 410 g/mol. The lowest BCUT2D eigenvalue weighted by molar-refractivity contribution is -0.141. The number of aromatic nitrogens is 2. The number of hydrogen-bond acceptors (Lipinski definition) is 3. The van der Waals surface area contributed by atoms with E-state index in [1.54, 1.807) is 12.1 Å². The summed E-state index contributed by atoms with van der Waals surface area (Å²) in [6.45, 7) is 1.93. The average Bonchev–Trinajstić information content (AvgIpc) is 2.72. The number of thioether (sulfide) groups is 1. The number of benzene rings is 3. The number of rotatable bonds is 4. The molecule has 4 aromatic rings. The first kappa shape index (κ1) is 19.5. The van der Waals surface area contributed by atoms with Gasteiger partial charge < -0.3 is 0 Å². The Morgan fingerprint density at radius 3 is 2.34 bits per heavy atom. The summed E-state index contributed by atoms with van der Waals surface area (Å²) in [6, 6.07) is 22.1. The number of aryl methyl sites for hydroxylation is 1. The van der Waals surface area contributed by atoms with Crippen molar-refractivity contribution in [3.05, 3.63) is 89.6 Å². The van der Waals surface area contributed by atoms with Crippen LogP contribution in [0.3, 0.4) is 0 Å². The summed E-state index contributed by atoms with van der Waals surface area (Å²) in [7, 11) is 0. The van der Waals surface area contributed by atoms with Crippen LogP contribution in [0.15, 0.2) is 78.0 Å². The van der Waals surface area contributed by atoms with Gasteiger partial charge in [0.1, 0.15) is 5.69 Å². The van der Waals surface area contributed by atoms with Crippen LogP contribution in [-0.4, -0.2) is 9.97 Å². The van der Waals surface area contributed by atoms with Crippen molar-refractivity contribution in [2.24, 2.45) is 0 Å². The van der Waals surface area contributed by atoms with E-state index in [0.29, 0.717) is 11.3 Å². The van der Waals surface area contributed by atoms with Gasteiger partial charge >= 0.3 is 6.18 Å². The molecular formula is C23H17F3N2S. The van der Waals surface area contributed by atoms with Crippen molar-refractivity contribution in [3.8, 4) is 11.3 Å². The van der Waals surface area contributed by atoms with E-state index >= 15 is 0 Å². The minimum Gasteiger partial charge on any atom is -0.222 e. The highest BCUT2D eigenvalue weighted by molar-refractivity contribution is 7.98. The summed E-state index contributed by atoms with van der Waals surface area (Å²) >= 11 is 1.21. The lowest BCUT2D eigenvalue weighted by Crippen LogP contribution is -2.10. The molecule has 29 heavy (non-hydrogen) atoms. The molecule has 2 nitrogen and oxygen atoms in total. The molecule has 1 heterocycles. The molecule has 0 radical (unpaired) electrons. The van der Waals surface area contributed by atoms with Gasteiger partial charge in [-0.05, 0) is 29.3 Å². The maximum Gasteiger partial charge on any atom is 0.433 e. The molecule has 0 saturated heterocycles. The molecule has 0 saturated carbocycles. The quantitative estimate of drug-likeness (QED) is 0.270. The molecule has 0 aliphatic heterocycles. The summed E-state index contributed by atoms with van der Waals surface area (Å²) in [4.78, 5) is 8.16. The molecule has 0 aliphatic carbocycles. The molecule has 146 valence electrons. The molecule has 4 rings (SSSR count). The van der Waals surface area contributed by atoms with Crippen LogP contribution < -0.4 is 0 Å². The van der Waals surface area contributed by atoms with Crippen LogP contribution >= 0.6 is 11.8 Å². The van der Waals surface area contributed by atoms with Crippen LogP contribution in [0.4, 0.5) is 13.2 Å². The zero-order valence-electron chi connectivity index (χ0n) is 15.6. The minimum absolute atomic E-state index is 0.114. The van der Waals surface area contributed by atoms with Crippen molar-refractivity contribution in [1.29, 1.82) is 0 Å². The van der Waals surface area contributed by atoms with Gasteiger partial charge in [-0.2, -0.15) is 13.2 Å². The summed E-state index contributed by atoms with van der Waals surface area (Å²) in [6.07, 6.45) is -4.53. The van der Waals surface area contributed by atoms with Crippen molar-refractivity contribution in [2.75, 3.05) is 0 Å². The highest BCUT2D eigenvalue weighted by Gasteiger charge is 2.33. The highest BCUT2D eigenvalue weighted by Crippen LogP contribution is 2.33. The van der Waals surface area contributed by atoms with Crippen molar-refractivity contribution < 1.29 is 13.2 Å². The fourth-order valence-corrected chi connectivity index (χ4v) is 3.93. The number of hydrogen-bond donors (Lipinski definition) is 0. The van der Waals surface area contributed by atoms with Crippen LogP contribution in [0.1, 0.15) is 16.8 Å². The van der Waals surface area contributed by atoms with Crippen molar-refractivity contribution >= 4 is 22.5 Å². The van der Waals surface area contributed by atoms with E-state index in [0.717, 1.165) is 28.0 Å². The Morgan fingerprint density at radius 2 is 1.59 bits per heavy atom. The first-order valence-electron chi connectivity index (χ1n) is 9.03. The van der Waals surface area contributed by atoms with Gasteiger partial charge in [-0.15, -0.1) is 0 Å². The van der Waals surface area contributed by atoms with Crippen LogP contribution in [0, 0.1) is 6.92 Å². The van der Waals surface area contributed by atoms with Gasteiger partial charge in [-0.25, -0.2) is 9.97 Å². The minimum atomic E-state index is -4.53. The zero-order valence-corrected chi connectivity index (χ0v) is 16.4. The number of nitrogens with zero attached hydrogens (tertiary/aromatic N) is 2. The van der Waals surface area contributed by atoms with Crippen molar-refractivity contribution in [1.82, 2.24) is 9.97 Å². The van der Waals surface area contributed by atoms with Gasteiger partial charge in [-0.3, -0.25) is 0 Å². The van der Waals surface area contributed by atoms with Crippen LogP contribution in [0.2, 0.25) is 0 Å². The third kappa shape index (κ3) is 4.43. The van der Waals surface area contributed by atoms with Crippen molar-refractivity contribution in [2.45, 2.75) is 24.0 Å².